The van der Waals surface area contributed by atoms with Gasteiger partial charge in [0.1, 0.15) is 17.6 Å². The summed E-state index contributed by atoms with van der Waals surface area (Å²) in [5.74, 6) is 0.0151. The van der Waals surface area contributed by atoms with E-state index in [-0.39, 0.29) is 11.3 Å². The third-order valence-electron chi connectivity index (χ3n) is 5.89. The largest absolute Gasteiger partial charge is 0.466 e. The number of carbonyl (C=O) groups is 1. The minimum Gasteiger partial charge on any atom is -0.466 e. The van der Waals surface area contributed by atoms with Crippen molar-refractivity contribution in [3.63, 3.8) is 0 Å². The summed E-state index contributed by atoms with van der Waals surface area (Å²) >= 11 is 7.61. The highest BCUT2D eigenvalue weighted by Crippen LogP contribution is 2.34. The summed E-state index contributed by atoms with van der Waals surface area (Å²) in [6.07, 6.45) is 1.54. The van der Waals surface area contributed by atoms with Crippen molar-refractivity contribution >= 4 is 40.7 Å². The molecule has 0 bridgehead atoms. The lowest BCUT2D eigenvalue weighted by Crippen LogP contribution is -2.39. The van der Waals surface area contributed by atoms with Crippen molar-refractivity contribution < 1.29 is 18.9 Å². The van der Waals surface area contributed by atoms with Crippen molar-refractivity contribution in [2.24, 2.45) is 4.99 Å². The Morgan fingerprint density at radius 1 is 1.19 bits per heavy atom. The van der Waals surface area contributed by atoms with Crippen molar-refractivity contribution in [1.82, 2.24) is 4.57 Å². The predicted octanol–water partition coefficient (Wildman–Crippen LogP) is 4.23. The molecule has 2 aromatic carbocycles. The number of furan rings is 1. The molecule has 0 saturated heterocycles. The smallest absolute Gasteiger partial charge is 0.338 e. The number of fused-ring (bicyclic) bond motifs is 1. The van der Waals surface area contributed by atoms with Crippen LogP contribution in [0.15, 0.2) is 86.1 Å². The standard InChI is InChI=1S/C26H18ClN3O6S/c1-14-22(25(32)35-2)23(16-7-3-5-9-18(16)27)29-24(31)21(37-26(29)28-14)13-15-11-12-20(36-15)17-8-4-6-10-19(17)30(33)34/h3-13,23H,1-2H3/t23-/m1/s1. The van der Waals surface area contributed by atoms with E-state index in [0.717, 1.165) is 11.3 Å². The first-order chi connectivity index (χ1) is 17.8. The minimum absolute atomic E-state index is 0.0895. The lowest BCUT2D eigenvalue weighted by molar-refractivity contribution is -0.384. The maximum atomic E-state index is 13.6. The Morgan fingerprint density at radius 2 is 1.92 bits per heavy atom. The molecule has 9 nitrogen and oxygen atoms in total. The summed E-state index contributed by atoms with van der Waals surface area (Å²) in [5, 5.41) is 11.8. The molecule has 0 aliphatic carbocycles. The number of ether oxygens (including phenoxy) is 1. The zero-order valence-electron chi connectivity index (χ0n) is 19.5. The molecule has 2 aromatic heterocycles. The lowest BCUT2D eigenvalue weighted by Gasteiger charge is -2.25. The summed E-state index contributed by atoms with van der Waals surface area (Å²) in [7, 11) is 1.27. The molecule has 0 N–H and O–H groups in total. The van der Waals surface area contributed by atoms with Gasteiger partial charge in [-0.2, -0.15) is 0 Å². The topological polar surface area (TPSA) is 117 Å². The Kier molecular flexibility index (Phi) is 6.36. The average molecular weight is 536 g/mol. The number of nitro groups is 1. The van der Waals surface area contributed by atoms with E-state index in [0.29, 0.717) is 42.7 Å². The van der Waals surface area contributed by atoms with Crippen LogP contribution in [-0.2, 0) is 9.53 Å². The highest BCUT2D eigenvalue weighted by molar-refractivity contribution is 7.07. The fraction of sp³-hybridized carbons (Fsp3) is 0.115. The molecular weight excluding hydrogens is 518 g/mol. The molecule has 0 radical (unpaired) electrons. The number of hydrogen-bond donors (Lipinski definition) is 0. The number of benzene rings is 2. The number of allylic oxidation sites excluding steroid dienone is 1. The quantitative estimate of drug-likeness (QED) is 0.214. The van der Waals surface area contributed by atoms with Gasteiger partial charge in [-0.05, 0) is 36.8 Å². The number of esters is 1. The van der Waals surface area contributed by atoms with Gasteiger partial charge >= 0.3 is 5.97 Å². The van der Waals surface area contributed by atoms with Crippen LogP contribution in [0.25, 0.3) is 17.4 Å². The lowest BCUT2D eigenvalue weighted by atomic mass is 9.96. The van der Waals surface area contributed by atoms with E-state index in [4.69, 9.17) is 20.8 Å². The molecule has 5 rings (SSSR count). The van der Waals surface area contributed by atoms with Crippen LogP contribution >= 0.6 is 22.9 Å². The fourth-order valence-corrected chi connectivity index (χ4v) is 5.50. The number of para-hydroxylation sites is 1. The van der Waals surface area contributed by atoms with E-state index < -0.39 is 22.5 Å². The maximum absolute atomic E-state index is 13.6. The molecule has 1 aliphatic heterocycles. The number of nitrogens with zero attached hydrogens (tertiary/aromatic N) is 3. The number of nitro benzene ring substituents is 1. The molecule has 0 fully saturated rings. The van der Waals surface area contributed by atoms with Crippen LogP contribution in [0.1, 0.15) is 24.3 Å². The molecule has 0 spiro atoms. The van der Waals surface area contributed by atoms with Crippen molar-refractivity contribution in [3.8, 4) is 11.3 Å². The van der Waals surface area contributed by atoms with Crippen molar-refractivity contribution in [2.75, 3.05) is 7.11 Å². The number of carbonyl (C=O) groups excluding carboxylic acids is 1. The van der Waals surface area contributed by atoms with E-state index in [1.807, 2.05) is 0 Å². The van der Waals surface area contributed by atoms with Gasteiger partial charge in [0.15, 0.2) is 4.80 Å². The van der Waals surface area contributed by atoms with Gasteiger partial charge in [-0.25, -0.2) is 9.79 Å². The second kappa shape index (κ2) is 9.64. The Balaban J connectivity index is 1.66. The van der Waals surface area contributed by atoms with Gasteiger partial charge in [-0.3, -0.25) is 19.5 Å². The summed E-state index contributed by atoms with van der Waals surface area (Å²) in [5.41, 5.74) is 1.03. The second-order valence-electron chi connectivity index (χ2n) is 8.07. The van der Waals surface area contributed by atoms with Gasteiger partial charge < -0.3 is 9.15 Å². The number of halogens is 1. The minimum atomic E-state index is -0.835. The van der Waals surface area contributed by atoms with Crippen LogP contribution in [0, 0.1) is 10.1 Å². The maximum Gasteiger partial charge on any atom is 0.338 e. The molecule has 1 atom stereocenters. The summed E-state index contributed by atoms with van der Waals surface area (Å²) in [4.78, 5) is 42.2. The molecule has 0 saturated carbocycles. The average Bonchev–Trinajstić information content (AvgIpc) is 3.47. The van der Waals surface area contributed by atoms with Crippen molar-refractivity contribution in [3.05, 3.63) is 118 Å². The SMILES string of the molecule is COC(=O)C1=C(C)N=c2sc(=Cc3ccc(-c4ccccc4[N+](=O)[O-])o3)c(=O)n2[C@@H]1c1ccccc1Cl. The van der Waals surface area contributed by atoms with Gasteiger partial charge in [-0.15, -0.1) is 0 Å². The van der Waals surface area contributed by atoms with Gasteiger partial charge in [0.05, 0.1) is 33.4 Å². The monoisotopic (exact) mass is 535 g/mol. The van der Waals surface area contributed by atoms with Crippen molar-refractivity contribution in [1.29, 1.82) is 0 Å². The molecule has 0 unspecified atom stereocenters. The van der Waals surface area contributed by atoms with Crippen LogP contribution < -0.4 is 14.9 Å². The molecule has 1 aliphatic rings. The first-order valence-corrected chi connectivity index (χ1v) is 12.2. The zero-order valence-corrected chi connectivity index (χ0v) is 21.1. The fourth-order valence-electron chi connectivity index (χ4n) is 4.23. The molecule has 3 heterocycles. The van der Waals surface area contributed by atoms with Crippen LogP contribution in [-0.4, -0.2) is 22.6 Å². The van der Waals surface area contributed by atoms with Crippen LogP contribution in [0.5, 0.6) is 0 Å². The van der Waals surface area contributed by atoms with Crippen molar-refractivity contribution in [2.45, 2.75) is 13.0 Å². The molecule has 186 valence electrons. The summed E-state index contributed by atoms with van der Waals surface area (Å²) < 4.78 is 12.6. The van der Waals surface area contributed by atoms with Gasteiger partial charge in [0.25, 0.3) is 11.2 Å². The Bertz CT molecular complexity index is 1780. The van der Waals surface area contributed by atoms with E-state index in [1.54, 1.807) is 67.6 Å². The Hall–Kier alpha value is -4.28. The highest BCUT2D eigenvalue weighted by Gasteiger charge is 2.34. The Morgan fingerprint density at radius 3 is 2.65 bits per heavy atom. The van der Waals surface area contributed by atoms with Gasteiger partial charge in [0.2, 0.25) is 0 Å². The molecule has 11 heteroatoms. The first kappa shape index (κ1) is 24.4. The zero-order chi connectivity index (χ0) is 26.3. The van der Waals surface area contributed by atoms with E-state index in [2.05, 4.69) is 4.99 Å². The number of hydrogen-bond acceptors (Lipinski definition) is 8. The van der Waals surface area contributed by atoms with Crippen LogP contribution in [0.4, 0.5) is 5.69 Å². The summed E-state index contributed by atoms with van der Waals surface area (Å²) in [6, 6.07) is 15.6. The molecule has 37 heavy (non-hydrogen) atoms. The van der Waals surface area contributed by atoms with E-state index >= 15 is 0 Å². The Labute approximate surface area is 218 Å². The number of rotatable bonds is 5. The number of thiazole rings is 1. The van der Waals surface area contributed by atoms with Crippen LogP contribution in [0.3, 0.4) is 0 Å². The summed E-state index contributed by atoms with van der Waals surface area (Å²) in [6.45, 7) is 1.68. The highest BCUT2D eigenvalue weighted by atomic mass is 35.5. The molecule has 4 aromatic rings. The van der Waals surface area contributed by atoms with E-state index in [9.17, 15) is 19.7 Å². The third kappa shape index (κ3) is 4.30. The molecule has 0 amide bonds. The van der Waals surface area contributed by atoms with Gasteiger partial charge in [0, 0.05) is 17.2 Å². The predicted molar refractivity (Wildman–Crippen MR) is 138 cm³/mol. The normalized spacial score (nSPS) is 15.3. The number of methoxy groups -OCH3 is 1. The molecular formula is C26H18ClN3O6S. The number of aromatic nitrogens is 1. The third-order valence-corrected chi connectivity index (χ3v) is 7.22. The van der Waals surface area contributed by atoms with Crippen LogP contribution in [0.2, 0.25) is 5.02 Å². The first-order valence-electron chi connectivity index (χ1n) is 11.0. The van der Waals surface area contributed by atoms with Gasteiger partial charge in [-0.1, -0.05) is 53.3 Å². The second-order valence-corrected chi connectivity index (χ2v) is 9.49. The van der Waals surface area contributed by atoms with E-state index in [1.165, 1.54) is 17.7 Å².